The molecule has 0 bridgehead atoms. The number of hydrogen-bond acceptors (Lipinski definition) is 21. The first-order valence-corrected chi connectivity index (χ1v) is 31.0. The third-order valence-electron chi connectivity index (χ3n) is 16.6. The first-order chi connectivity index (χ1) is 42.8. The molecule has 4 fully saturated rings. The summed E-state index contributed by atoms with van der Waals surface area (Å²) in [5.41, 5.74) is 21.8. The van der Waals surface area contributed by atoms with Crippen LogP contribution in [0, 0.1) is 6.92 Å². The van der Waals surface area contributed by atoms with E-state index in [1.807, 2.05) is 37.4 Å². The SMILES string of the molecule is CC(=O)O.CC(=O)O.CC(=O)O.COc1cc(-c2nn([C@H]3CC[C@H](N4CCN(C)CC4)CC3)c3ncnc(N)c23)ccc1NCc1c[nH]nc1C.COc1cc(-c2nn([C@H]3CC[C@H](N4CCN(C)CC4)CC3)c3ncnc(N)c23)ccc1NCc1cccs1. The fourth-order valence-electron chi connectivity index (χ4n) is 11.9. The van der Waals surface area contributed by atoms with Crippen LogP contribution in [0.1, 0.15) is 100 Å². The van der Waals surface area contributed by atoms with Gasteiger partial charge < -0.3 is 56.7 Å². The van der Waals surface area contributed by atoms with Crippen LogP contribution in [0.25, 0.3) is 44.6 Å². The van der Waals surface area contributed by atoms with Crippen LogP contribution < -0.4 is 31.6 Å². The molecule has 2 aromatic carbocycles. The number of aliphatic carboxylic acids is 3. The molecule has 0 amide bonds. The highest BCUT2D eigenvalue weighted by Crippen LogP contribution is 2.41. The molecule has 2 saturated carbocycles. The van der Waals surface area contributed by atoms with E-state index in [0.717, 1.165) is 158 Å². The lowest BCUT2D eigenvalue weighted by Gasteiger charge is -2.41. The van der Waals surface area contributed by atoms with Crippen LogP contribution >= 0.6 is 11.3 Å². The smallest absolute Gasteiger partial charge is 0.300 e. The Morgan fingerprint density at radius 1 is 0.607 bits per heavy atom. The summed E-state index contributed by atoms with van der Waals surface area (Å²) in [5, 5.41) is 50.2. The Bertz CT molecular complexity index is 3540. The van der Waals surface area contributed by atoms with E-state index in [2.05, 4.69) is 113 Å². The molecule has 8 heterocycles. The number of piperazine rings is 2. The molecule has 89 heavy (non-hydrogen) atoms. The van der Waals surface area contributed by atoms with Crippen molar-refractivity contribution in [2.24, 2.45) is 0 Å². The van der Waals surface area contributed by atoms with Crippen molar-refractivity contribution >= 4 is 74.3 Å². The third kappa shape index (κ3) is 17.6. The van der Waals surface area contributed by atoms with Crippen molar-refractivity contribution in [3.8, 4) is 34.0 Å². The van der Waals surface area contributed by atoms with Gasteiger partial charge in [-0.3, -0.25) is 29.3 Å². The lowest BCUT2D eigenvalue weighted by Crippen LogP contribution is -2.49. The quantitative estimate of drug-likeness (QED) is 0.0508. The van der Waals surface area contributed by atoms with Crippen LogP contribution in [0.15, 0.2) is 72.8 Å². The van der Waals surface area contributed by atoms with E-state index in [9.17, 15) is 0 Å². The number of nitrogen functional groups attached to an aromatic ring is 2. The Morgan fingerprint density at radius 3 is 1.38 bits per heavy atom. The Kier molecular flexibility index (Phi) is 23.6. The average Bonchev–Trinajstić information content (AvgIpc) is 2.59. The normalized spacial score (nSPS) is 19.0. The molecule has 0 atom stereocenters. The maximum Gasteiger partial charge on any atom is 0.300 e. The van der Waals surface area contributed by atoms with E-state index < -0.39 is 17.9 Å². The number of carbonyl (C=O) groups is 3. The summed E-state index contributed by atoms with van der Waals surface area (Å²) in [4.78, 5) is 56.4. The Morgan fingerprint density at radius 2 is 1.01 bits per heavy atom. The number of aryl methyl sites for hydroxylation is 1. The van der Waals surface area contributed by atoms with Crippen molar-refractivity contribution in [3.63, 3.8) is 0 Å². The van der Waals surface area contributed by atoms with E-state index in [0.29, 0.717) is 42.3 Å². The second kappa shape index (κ2) is 31.6. The number of nitrogens with zero attached hydrogens (tertiary/aromatic N) is 13. The zero-order valence-corrected chi connectivity index (χ0v) is 53.0. The fourth-order valence-corrected chi connectivity index (χ4v) is 12.6. The number of hydrogen-bond donors (Lipinski definition) is 8. The van der Waals surface area contributed by atoms with Crippen LogP contribution in [-0.4, -0.2) is 195 Å². The number of benzene rings is 2. The number of aromatic nitrogens is 10. The summed E-state index contributed by atoms with van der Waals surface area (Å²) in [7, 11) is 7.81. The lowest BCUT2D eigenvalue weighted by atomic mass is 9.90. The number of methoxy groups -OCH3 is 2. The van der Waals surface area contributed by atoms with Gasteiger partial charge in [-0.2, -0.15) is 15.3 Å². The van der Waals surface area contributed by atoms with Gasteiger partial charge in [-0.1, -0.05) is 18.2 Å². The highest BCUT2D eigenvalue weighted by atomic mass is 32.1. The van der Waals surface area contributed by atoms with E-state index in [4.69, 9.17) is 60.8 Å². The summed E-state index contributed by atoms with van der Waals surface area (Å²) in [6, 6.07) is 18.3. The van der Waals surface area contributed by atoms with Crippen LogP contribution in [0.3, 0.4) is 0 Å². The van der Waals surface area contributed by atoms with Gasteiger partial charge in [0.1, 0.15) is 47.2 Å². The summed E-state index contributed by atoms with van der Waals surface area (Å²) in [5.74, 6) is -0.0884. The average molecular weight is 1240 g/mol. The third-order valence-corrected chi connectivity index (χ3v) is 17.4. The molecule has 0 radical (unpaired) electrons. The largest absolute Gasteiger partial charge is 0.495 e. The van der Waals surface area contributed by atoms with E-state index in [1.165, 1.54) is 56.7 Å². The molecule has 0 spiro atoms. The van der Waals surface area contributed by atoms with Crippen molar-refractivity contribution in [1.29, 1.82) is 0 Å². The van der Waals surface area contributed by atoms with Crippen molar-refractivity contribution < 1.29 is 39.2 Å². The van der Waals surface area contributed by atoms with E-state index in [1.54, 1.807) is 38.2 Å². The number of nitrogens with two attached hydrogens (primary N) is 2. The number of aromatic amines is 1. The van der Waals surface area contributed by atoms with Gasteiger partial charge in [0.15, 0.2) is 11.3 Å². The number of likely N-dealkylation sites (N-methyl/N-ethyl adjacent to an activating group) is 2. The van der Waals surface area contributed by atoms with Gasteiger partial charge in [0.25, 0.3) is 17.9 Å². The molecule has 26 nitrogen and oxygen atoms in total. The second-order valence-corrected chi connectivity index (χ2v) is 23.8. The number of carboxylic acid groups (broad SMARTS) is 3. The molecule has 6 aromatic heterocycles. The molecule has 2 aliphatic carbocycles. The molecule has 0 unspecified atom stereocenters. The predicted molar refractivity (Wildman–Crippen MR) is 346 cm³/mol. The molecular weight excluding hydrogens is 1160 g/mol. The Labute approximate surface area is 522 Å². The summed E-state index contributed by atoms with van der Waals surface area (Å²) in [6.07, 6.45) is 14.1. The van der Waals surface area contributed by atoms with Crippen LogP contribution in [0.2, 0.25) is 0 Å². The monoisotopic (exact) mass is 1240 g/mol. The molecule has 2 saturated heterocycles. The zero-order chi connectivity index (χ0) is 63.7. The number of thiophene rings is 1. The second-order valence-electron chi connectivity index (χ2n) is 22.8. The molecule has 8 aromatic rings. The topological polar surface area (TPSA) is 335 Å². The van der Waals surface area contributed by atoms with Gasteiger partial charge >= 0.3 is 0 Å². The fraction of sp³-hybridized carbons (Fsp3) is 0.484. The minimum atomic E-state index is -0.833. The first-order valence-electron chi connectivity index (χ1n) is 30.1. The first kappa shape index (κ1) is 66.5. The Balaban J connectivity index is 0.000000195. The molecule has 4 aliphatic rings. The highest BCUT2D eigenvalue weighted by Gasteiger charge is 2.33. The number of H-pyrrole nitrogens is 1. The molecule has 27 heteroatoms. The summed E-state index contributed by atoms with van der Waals surface area (Å²) >= 11 is 1.73. The zero-order valence-electron chi connectivity index (χ0n) is 52.2. The summed E-state index contributed by atoms with van der Waals surface area (Å²) < 4.78 is 15.7. The van der Waals surface area contributed by atoms with Gasteiger partial charge in [0, 0.05) is 126 Å². The molecule has 10 N–H and O–H groups in total. The summed E-state index contributed by atoms with van der Waals surface area (Å²) in [6.45, 7) is 15.9. The number of rotatable bonds is 14. The van der Waals surface area contributed by atoms with Crippen molar-refractivity contribution in [3.05, 3.63) is 88.9 Å². The van der Waals surface area contributed by atoms with Gasteiger partial charge in [-0.25, -0.2) is 29.3 Å². The minimum absolute atomic E-state index is 0.292. The maximum atomic E-state index is 9.00. The maximum absolute atomic E-state index is 9.00. The van der Waals surface area contributed by atoms with Crippen LogP contribution in [0.4, 0.5) is 23.0 Å². The van der Waals surface area contributed by atoms with Crippen molar-refractivity contribution in [2.45, 2.75) is 116 Å². The number of ether oxygens (including phenoxy) is 2. The van der Waals surface area contributed by atoms with Crippen molar-refractivity contribution in [2.75, 3.05) is 103 Å². The number of nitrogens with one attached hydrogen (secondary N) is 3. The van der Waals surface area contributed by atoms with Crippen LogP contribution in [-0.2, 0) is 27.5 Å². The van der Waals surface area contributed by atoms with Gasteiger partial charge in [-0.15, -0.1) is 11.3 Å². The van der Waals surface area contributed by atoms with Crippen molar-refractivity contribution in [1.82, 2.24) is 69.3 Å². The number of anilines is 4. The molecule has 478 valence electrons. The Hall–Kier alpha value is -8.50. The van der Waals surface area contributed by atoms with Gasteiger partial charge in [0.05, 0.1) is 54.1 Å². The predicted octanol–water partition coefficient (Wildman–Crippen LogP) is 8.22. The van der Waals surface area contributed by atoms with Gasteiger partial charge in [0.2, 0.25) is 0 Å². The molecule has 2 aliphatic heterocycles. The lowest BCUT2D eigenvalue weighted by molar-refractivity contribution is -0.135. The standard InChI is InChI=1S/C28H38N10O.C28H36N8OS.3C2H4O2/c1-18-20(16-33-34-18)15-30-23-9-4-19(14-24(23)39-3)26-25-27(29)31-17-32-28(25)38(35-26)22-7-5-21(6-8-22)37-12-10-36(2)11-13-37;1-34-11-13-35(14-12-34)20-6-8-21(9-7-20)36-28-25(27(29)31-18-32-28)26(33-36)19-5-10-23(24(16-19)37-2)30-17-22-4-3-15-38-22;3*1-2(3)4/h4,9,14,16-17,21-22,30H,5-8,10-13,15H2,1-3H3,(H,33,34)(H2,29,31,32);3-5,10,15-16,18,20-21,30H,6-9,11-14,17H2,1-2H3,(H2,29,31,32);3*1H3,(H,3,4)/t21-,22-;20-,21-;;;. The molecule has 12 rings (SSSR count). The molecular formula is C62H86N18O8S. The van der Waals surface area contributed by atoms with Crippen LogP contribution in [0.5, 0.6) is 11.5 Å². The number of fused-ring (bicyclic) bond motifs is 2. The van der Waals surface area contributed by atoms with E-state index in [-0.39, 0.29) is 0 Å². The van der Waals surface area contributed by atoms with E-state index >= 15 is 0 Å². The number of carboxylic acids is 3. The van der Waals surface area contributed by atoms with Gasteiger partial charge in [-0.05, 0) is 108 Å². The minimum Gasteiger partial charge on any atom is -0.495 e. The highest BCUT2D eigenvalue weighted by molar-refractivity contribution is 7.09.